The number of nitrogens with one attached hydrogen (secondary N) is 3. The molecule has 5 heteroatoms. The molecule has 1 fully saturated rings. The van der Waals surface area contributed by atoms with Gasteiger partial charge >= 0.3 is 0 Å². The Labute approximate surface area is 173 Å². The van der Waals surface area contributed by atoms with E-state index >= 15 is 0 Å². The van der Waals surface area contributed by atoms with Crippen LogP contribution in [0, 0.1) is 5.41 Å². The van der Waals surface area contributed by atoms with Crippen LogP contribution >= 0.6 is 0 Å². The van der Waals surface area contributed by atoms with Crippen LogP contribution in [0.15, 0.2) is 79.4 Å². The highest BCUT2D eigenvalue weighted by atomic mass is 16.5. The number of ether oxygens (including phenoxy) is 1. The second-order valence-electron chi connectivity index (χ2n) is 6.43. The van der Waals surface area contributed by atoms with Gasteiger partial charge in [-0.3, -0.25) is 10.4 Å². The Kier molecular flexibility index (Phi) is 9.39. The first-order valence-electron chi connectivity index (χ1n) is 9.84. The zero-order chi connectivity index (χ0) is 20.9. The monoisotopic (exact) mass is 390 g/mol. The van der Waals surface area contributed by atoms with Gasteiger partial charge in [-0.05, 0) is 75.3 Å². The third-order valence-corrected chi connectivity index (χ3v) is 4.31. The Balaban J connectivity index is 0.000000521. The second kappa shape index (κ2) is 12.3. The molecule has 3 N–H and O–H groups in total. The summed E-state index contributed by atoms with van der Waals surface area (Å²) in [6.45, 7) is 8.11. The molecule has 1 aromatic carbocycles. The first-order chi connectivity index (χ1) is 14.2. The van der Waals surface area contributed by atoms with Crippen LogP contribution in [0.3, 0.4) is 0 Å². The van der Waals surface area contributed by atoms with Crippen molar-refractivity contribution in [3.8, 4) is 5.75 Å². The highest BCUT2D eigenvalue weighted by Crippen LogP contribution is 2.21. The van der Waals surface area contributed by atoms with E-state index in [1.54, 1.807) is 24.5 Å². The number of pyridine rings is 1. The van der Waals surface area contributed by atoms with Gasteiger partial charge in [0.25, 0.3) is 0 Å². The molecular formula is C24H30N4O. The summed E-state index contributed by atoms with van der Waals surface area (Å²) in [5.74, 6) is 1.41. The minimum atomic E-state index is 0.411. The zero-order valence-corrected chi connectivity index (χ0v) is 17.2. The van der Waals surface area contributed by atoms with E-state index in [0.717, 1.165) is 16.8 Å². The van der Waals surface area contributed by atoms with E-state index in [9.17, 15) is 0 Å². The van der Waals surface area contributed by atoms with E-state index in [-0.39, 0.29) is 0 Å². The van der Waals surface area contributed by atoms with Gasteiger partial charge in [0, 0.05) is 36.3 Å². The van der Waals surface area contributed by atoms with Crippen LogP contribution in [0.2, 0.25) is 0 Å². The van der Waals surface area contributed by atoms with Gasteiger partial charge in [-0.25, -0.2) is 0 Å². The molecule has 2 aromatic rings. The van der Waals surface area contributed by atoms with Gasteiger partial charge in [0.2, 0.25) is 0 Å². The molecular weight excluding hydrogens is 360 g/mol. The van der Waals surface area contributed by atoms with E-state index in [2.05, 4.69) is 22.2 Å². The van der Waals surface area contributed by atoms with Gasteiger partial charge in [-0.1, -0.05) is 18.7 Å². The number of anilines is 1. The predicted molar refractivity (Wildman–Crippen MR) is 122 cm³/mol. The van der Waals surface area contributed by atoms with Gasteiger partial charge in [0.15, 0.2) is 0 Å². The molecule has 0 unspecified atom stereocenters. The SMILES string of the molecule is C1CCNC1.C=C/C=C(\C=C/C)Oc1ccc(C(=N)c2cnccc2NC)cc1. The molecule has 1 aliphatic heterocycles. The quantitative estimate of drug-likeness (QED) is 0.356. The number of aromatic nitrogens is 1. The van der Waals surface area contributed by atoms with Crippen molar-refractivity contribution in [3.63, 3.8) is 0 Å². The van der Waals surface area contributed by atoms with Crippen molar-refractivity contribution < 1.29 is 4.74 Å². The van der Waals surface area contributed by atoms with E-state index < -0.39 is 0 Å². The Hall–Kier alpha value is -3.18. The van der Waals surface area contributed by atoms with Crippen LogP contribution < -0.4 is 15.4 Å². The zero-order valence-electron chi connectivity index (χ0n) is 17.2. The maximum Gasteiger partial charge on any atom is 0.127 e. The minimum absolute atomic E-state index is 0.411. The summed E-state index contributed by atoms with van der Waals surface area (Å²) >= 11 is 0. The molecule has 0 bridgehead atoms. The molecule has 0 aliphatic carbocycles. The standard InChI is InChI=1S/C20H21N3O.C4H9N/c1-4-6-16(7-5-2)24-17-10-8-15(9-11-17)20(21)18-14-23-13-12-19(18)22-3;1-2-4-5-3-1/h4-14,21H,1H2,2-3H3,(H,22,23);5H,1-4H2/b7-5-,16-6+,21-20?;. The first kappa shape index (κ1) is 22.1. The Morgan fingerprint density at radius 1 is 1.21 bits per heavy atom. The molecule has 5 nitrogen and oxygen atoms in total. The smallest absolute Gasteiger partial charge is 0.127 e. The lowest BCUT2D eigenvalue weighted by atomic mass is 10.0. The van der Waals surface area contributed by atoms with Crippen LogP contribution in [-0.2, 0) is 0 Å². The topological polar surface area (TPSA) is 70.0 Å². The third-order valence-electron chi connectivity index (χ3n) is 4.31. The molecule has 0 amide bonds. The van der Waals surface area contributed by atoms with E-state index in [1.807, 2.05) is 56.5 Å². The van der Waals surface area contributed by atoms with Crippen LogP contribution in [0.25, 0.3) is 0 Å². The molecule has 1 aromatic heterocycles. The Morgan fingerprint density at radius 3 is 2.48 bits per heavy atom. The lowest BCUT2D eigenvalue weighted by Crippen LogP contribution is -2.06. The summed E-state index contributed by atoms with van der Waals surface area (Å²) in [6, 6.07) is 9.28. The molecule has 0 atom stereocenters. The number of rotatable bonds is 7. The molecule has 29 heavy (non-hydrogen) atoms. The average molecular weight is 391 g/mol. The van der Waals surface area contributed by atoms with Crippen LogP contribution in [0.4, 0.5) is 5.69 Å². The largest absolute Gasteiger partial charge is 0.457 e. The molecule has 0 spiro atoms. The van der Waals surface area contributed by atoms with Gasteiger partial charge in [-0.15, -0.1) is 0 Å². The average Bonchev–Trinajstić information content (AvgIpc) is 3.34. The van der Waals surface area contributed by atoms with Gasteiger partial charge in [-0.2, -0.15) is 0 Å². The number of hydrogen-bond donors (Lipinski definition) is 3. The molecule has 2 heterocycles. The summed E-state index contributed by atoms with van der Waals surface area (Å²) in [5, 5.41) is 14.7. The van der Waals surface area contributed by atoms with Gasteiger partial charge in [0.05, 0.1) is 5.71 Å². The highest BCUT2D eigenvalue weighted by Gasteiger charge is 2.10. The van der Waals surface area contributed by atoms with Crippen molar-refractivity contribution in [2.24, 2.45) is 0 Å². The molecule has 1 aliphatic rings. The summed E-state index contributed by atoms with van der Waals surface area (Å²) in [7, 11) is 1.83. The number of benzene rings is 1. The lowest BCUT2D eigenvalue weighted by molar-refractivity contribution is 0.444. The van der Waals surface area contributed by atoms with Gasteiger partial charge < -0.3 is 15.4 Å². The fourth-order valence-electron chi connectivity index (χ4n) is 2.82. The second-order valence-corrected chi connectivity index (χ2v) is 6.43. The maximum absolute atomic E-state index is 8.40. The van der Waals surface area contributed by atoms with E-state index in [1.165, 1.54) is 25.9 Å². The van der Waals surface area contributed by atoms with Crippen molar-refractivity contribution in [2.45, 2.75) is 19.8 Å². The molecule has 152 valence electrons. The Bertz CT molecular complexity index is 842. The van der Waals surface area contributed by atoms with Crippen molar-refractivity contribution in [3.05, 3.63) is 90.5 Å². The summed E-state index contributed by atoms with van der Waals surface area (Å²) in [5.41, 5.74) is 2.84. The normalized spacial score (nSPS) is 13.5. The first-order valence-corrected chi connectivity index (χ1v) is 9.84. The molecule has 3 rings (SSSR count). The van der Waals surface area contributed by atoms with Crippen molar-refractivity contribution in [1.29, 1.82) is 5.41 Å². The highest BCUT2D eigenvalue weighted by molar-refractivity contribution is 6.13. The van der Waals surface area contributed by atoms with Crippen molar-refractivity contribution in [1.82, 2.24) is 10.3 Å². The summed E-state index contributed by atoms with van der Waals surface area (Å²) < 4.78 is 5.79. The third kappa shape index (κ3) is 7.05. The van der Waals surface area contributed by atoms with Crippen molar-refractivity contribution >= 4 is 11.4 Å². The molecule has 0 saturated carbocycles. The minimum Gasteiger partial charge on any atom is -0.457 e. The number of nitrogens with zero attached hydrogens (tertiary/aromatic N) is 1. The maximum atomic E-state index is 8.40. The van der Waals surface area contributed by atoms with E-state index in [0.29, 0.717) is 17.2 Å². The molecule has 1 saturated heterocycles. The summed E-state index contributed by atoms with van der Waals surface area (Å²) in [4.78, 5) is 4.11. The fourth-order valence-corrected chi connectivity index (χ4v) is 2.82. The van der Waals surface area contributed by atoms with Crippen LogP contribution in [0.5, 0.6) is 5.75 Å². The number of hydrogen-bond acceptors (Lipinski definition) is 5. The van der Waals surface area contributed by atoms with Crippen LogP contribution in [-0.4, -0.2) is 30.8 Å². The fraction of sp³-hybridized carbons (Fsp3) is 0.250. The molecule has 0 radical (unpaired) electrons. The predicted octanol–water partition coefficient (Wildman–Crippen LogP) is 4.93. The van der Waals surface area contributed by atoms with Gasteiger partial charge in [0.1, 0.15) is 11.5 Å². The summed E-state index contributed by atoms with van der Waals surface area (Å²) in [6.07, 6.45) is 13.4. The van der Waals surface area contributed by atoms with Crippen LogP contribution in [0.1, 0.15) is 30.9 Å². The van der Waals surface area contributed by atoms with E-state index in [4.69, 9.17) is 10.1 Å². The number of allylic oxidation sites excluding steroid dienone is 4. The van der Waals surface area contributed by atoms with Crippen molar-refractivity contribution in [2.75, 3.05) is 25.5 Å². The lowest BCUT2D eigenvalue weighted by Gasteiger charge is -2.11. The Morgan fingerprint density at radius 2 is 1.93 bits per heavy atom.